The first-order valence-corrected chi connectivity index (χ1v) is 11.5. The Kier molecular flexibility index (Phi) is 6.07. The Labute approximate surface area is 197 Å². The van der Waals surface area contributed by atoms with E-state index in [1.165, 1.54) is 36.6 Å². The van der Waals surface area contributed by atoms with E-state index in [4.69, 9.17) is 0 Å². The van der Waals surface area contributed by atoms with Gasteiger partial charge in [-0.15, -0.1) is 0 Å². The number of aryl methyl sites for hydroxylation is 1. The Hall–Kier alpha value is -3.64. The summed E-state index contributed by atoms with van der Waals surface area (Å²) in [7, 11) is 0. The average Bonchev–Trinajstić information content (AvgIpc) is 3.34. The number of likely N-dealkylation sites (tertiary alicyclic amines) is 1. The predicted molar refractivity (Wildman–Crippen MR) is 131 cm³/mol. The zero-order valence-corrected chi connectivity index (χ0v) is 18.9. The van der Waals surface area contributed by atoms with Crippen LogP contribution in [0.5, 0.6) is 0 Å². The fourth-order valence-corrected chi connectivity index (χ4v) is 4.57. The normalized spacial score (nSPS) is 14.0. The molecule has 4 nitrogen and oxygen atoms in total. The summed E-state index contributed by atoms with van der Waals surface area (Å²) in [6, 6.07) is 16.2. The SMILES string of the molecule is Cc1c(NC(=O)c2ccc(-c3ccccc3F)cc2F)ccc2cc(CN3CCCC3)cnc12. The van der Waals surface area contributed by atoms with Crippen molar-refractivity contribution in [1.29, 1.82) is 0 Å². The highest BCUT2D eigenvalue weighted by Crippen LogP contribution is 2.28. The van der Waals surface area contributed by atoms with Crippen LogP contribution >= 0.6 is 0 Å². The number of carbonyl (C=O) groups is 1. The average molecular weight is 458 g/mol. The molecule has 1 fully saturated rings. The second kappa shape index (κ2) is 9.31. The first-order valence-electron chi connectivity index (χ1n) is 11.5. The summed E-state index contributed by atoms with van der Waals surface area (Å²) in [4.78, 5) is 19.9. The number of halogens is 2. The molecule has 172 valence electrons. The van der Waals surface area contributed by atoms with Gasteiger partial charge in [0.1, 0.15) is 11.6 Å². The summed E-state index contributed by atoms with van der Waals surface area (Å²) >= 11 is 0. The smallest absolute Gasteiger partial charge is 0.258 e. The van der Waals surface area contributed by atoms with Crippen LogP contribution in [0.15, 0.2) is 66.9 Å². The van der Waals surface area contributed by atoms with E-state index in [0.717, 1.165) is 36.1 Å². The van der Waals surface area contributed by atoms with E-state index in [2.05, 4.69) is 21.3 Å². The molecule has 1 saturated heterocycles. The molecule has 0 radical (unpaired) electrons. The summed E-state index contributed by atoms with van der Waals surface area (Å²) < 4.78 is 28.8. The second-order valence-electron chi connectivity index (χ2n) is 8.77. The zero-order chi connectivity index (χ0) is 23.7. The number of pyridine rings is 1. The molecule has 1 amide bonds. The summed E-state index contributed by atoms with van der Waals surface area (Å²) in [5.74, 6) is -1.71. The van der Waals surface area contributed by atoms with E-state index >= 15 is 0 Å². The van der Waals surface area contributed by atoms with Gasteiger partial charge in [-0.1, -0.05) is 30.3 Å². The molecule has 0 unspecified atom stereocenters. The number of aromatic nitrogens is 1. The lowest BCUT2D eigenvalue weighted by molar-refractivity contribution is 0.102. The van der Waals surface area contributed by atoms with Crippen LogP contribution in [-0.4, -0.2) is 28.9 Å². The molecule has 1 aliphatic heterocycles. The number of fused-ring (bicyclic) bond motifs is 1. The Morgan fingerprint density at radius 2 is 1.79 bits per heavy atom. The third kappa shape index (κ3) is 4.41. The van der Waals surface area contributed by atoms with Gasteiger partial charge in [0.15, 0.2) is 0 Å². The maximum atomic E-state index is 14.8. The number of hydrogen-bond donors (Lipinski definition) is 1. The van der Waals surface area contributed by atoms with Crippen LogP contribution in [0.2, 0.25) is 0 Å². The molecular weight excluding hydrogens is 432 g/mol. The van der Waals surface area contributed by atoms with Crippen molar-refractivity contribution in [1.82, 2.24) is 9.88 Å². The number of amides is 1. The van der Waals surface area contributed by atoms with Gasteiger partial charge in [0.2, 0.25) is 0 Å². The third-order valence-electron chi connectivity index (χ3n) is 6.41. The molecule has 1 N–H and O–H groups in total. The van der Waals surface area contributed by atoms with Gasteiger partial charge in [0.05, 0.1) is 11.1 Å². The number of nitrogens with one attached hydrogen (secondary N) is 1. The molecule has 0 bridgehead atoms. The number of rotatable bonds is 5. The number of carbonyl (C=O) groups excluding carboxylic acids is 1. The highest BCUT2D eigenvalue weighted by molar-refractivity contribution is 6.06. The van der Waals surface area contributed by atoms with E-state index in [9.17, 15) is 13.6 Å². The van der Waals surface area contributed by atoms with Gasteiger partial charge in [-0.25, -0.2) is 8.78 Å². The molecule has 0 saturated carbocycles. The molecule has 0 atom stereocenters. The third-order valence-corrected chi connectivity index (χ3v) is 6.41. The lowest BCUT2D eigenvalue weighted by Crippen LogP contribution is -2.18. The highest BCUT2D eigenvalue weighted by atomic mass is 19.1. The number of nitrogens with zero attached hydrogens (tertiary/aromatic N) is 2. The topological polar surface area (TPSA) is 45.2 Å². The number of anilines is 1. The largest absolute Gasteiger partial charge is 0.322 e. The molecule has 3 aromatic carbocycles. The fraction of sp³-hybridized carbons (Fsp3) is 0.214. The standard InChI is InChI=1S/C28H25F2N3O/c1-18-26(11-9-21-14-19(16-31-27(18)21)17-33-12-4-5-13-33)32-28(34)23-10-8-20(15-25(23)30)22-6-2-3-7-24(22)29/h2-3,6-11,14-16H,4-5,12-13,17H2,1H3,(H,32,34). The molecule has 0 aliphatic carbocycles. The van der Waals surface area contributed by atoms with E-state index < -0.39 is 17.5 Å². The van der Waals surface area contributed by atoms with E-state index in [0.29, 0.717) is 11.3 Å². The van der Waals surface area contributed by atoms with Crippen molar-refractivity contribution in [3.63, 3.8) is 0 Å². The minimum Gasteiger partial charge on any atom is -0.322 e. The van der Waals surface area contributed by atoms with Gasteiger partial charge in [-0.3, -0.25) is 14.7 Å². The first kappa shape index (κ1) is 22.2. The number of hydrogen-bond acceptors (Lipinski definition) is 3. The zero-order valence-electron chi connectivity index (χ0n) is 18.9. The molecule has 4 aromatic rings. The van der Waals surface area contributed by atoms with E-state index in [1.54, 1.807) is 24.3 Å². The lowest BCUT2D eigenvalue weighted by atomic mass is 10.0. The Balaban J connectivity index is 1.36. The van der Waals surface area contributed by atoms with Crippen LogP contribution in [0.3, 0.4) is 0 Å². The maximum Gasteiger partial charge on any atom is 0.258 e. The summed E-state index contributed by atoms with van der Waals surface area (Å²) in [5, 5.41) is 3.81. The Morgan fingerprint density at radius 1 is 1.00 bits per heavy atom. The van der Waals surface area contributed by atoms with Crippen molar-refractivity contribution in [3.8, 4) is 11.1 Å². The van der Waals surface area contributed by atoms with Gasteiger partial charge >= 0.3 is 0 Å². The van der Waals surface area contributed by atoms with Gasteiger partial charge in [-0.2, -0.15) is 0 Å². The molecule has 2 heterocycles. The van der Waals surface area contributed by atoms with Crippen molar-refractivity contribution >= 4 is 22.5 Å². The molecule has 6 heteroatoms. The van der Waals surface area contributed by atoms with Gasteiger partial charge in [0, 0.05) is 29.4 Å². The van der Waals surface area contributed by atoms with E-state index in [1.807, 2.05) is 25.3 Å². The van der Waals surface area contributed by atoms with Crippen molar-refractivity contribution in [2.75, 3.05) is 18.4 Å². The quantitative estimate of drug-likeness (QED) is 0.381. The van der Waals surface area contributed by atoms with Crippen LogP contribution in [0.4, 0.5) is 14.5 Å². The van der Waals surface area contributed by atoms with Crippen LogP contribution in [-0.2, 0) is 6.54 Å². The van der Waals surface area contributed by atoms with Crippen LogP contribution in [0.1, 0.15) is 34.3 Å². The minimum absolute atomic E-state index is 0.103. The van der Waals surface area contributed by atoms with E-state index in [-0.39, 0.29) is 11.1 Å². The summed E-state index contributed by atoms with van der Waals surface area (Å²) in [5.41, 5.74) is 3.93. The second-order valence-corrected chi connectivity index (χ2v) is 8.77. The molecule has 5 rings (SSSR count). The fourth-order valence-electron chi connectivity index (χ4n) is 4.57. The van der Waals surface area contributed by atoms with Crippen LogP contribution < -0.4 is 5.32 Å². The Morgan fingerprint density at radius 3 is 2.56 bits per heavy atom. The first-order chi connectivity index (χ1) is 16.5. The summed E-state index contributed by atoms with van der Waals surface area (Å²) in [6.45, 7) is 5.03. The molecular formula is C28H25F2N3O. The minimum atomic E-state index is -0.707. The summed E-state index contributed by atoms with van der Waals surface area (Å²) in [6.07, 6.45) is 4.38. The van der Waals surface area contributed by atoms with Gasteiger partial charge in [-0.05, 0) is 79.9 Å². The van der Waals surface area contributed by atoms with Crippen LogP contribution in [0, 0.1) is 18.6 Å². The number of benzene rings is 3. The van der Waals surface area contributed by atoms with Crippen molar-refractivity contribution in [3.05, 3.63) is 95.2 Å². The molecule has 0 spiro atoms. The highest BCUT2D eigenvalue weighted by Gasteiger charge is 2.17. The molecule has 1 aliphatic rings. The van der Waals surface area contributed by atoms with Crippen molar-refractivity contribution in [2.24, 2.45) is 0 Å². The maximum absolute atomic E-state index is 14.8. The lowest BCUT2D eigenvalue weighted by Gasteiger charge is -2.16. The van der Waals surface area contributed by atoms with Gasteiger partial charge < -0.3 is 5.32 Å². The van der Waals surface area contributed by atoms with Gasteiger partial charge in [0.25, 0.3) is 5.91 Å². The molecule has 1 aromatic heterocycles. The van der Waals surface area contributed by atoms with Crippen LogP contribution in [0.25, 0.3) is 22.0 Å². The van der Waals surface area contributed by atoms with Crippen molar-refractivity contribution in [2.45, 2.75) is 26.3 Å². The van der Waals surface area contributed by atoms with Crippen molar-refractivity contribution < 1.29 is 13.6 Å². The Bertz CT molecular complexity index is 1380. The predicted octanol–water partition coefficient (Wildman–Crippen LogP) is 6.34. The molecule has 34 heavy (non-hydrogen) atoms. The monoisotopic (exact) mass is 457 g/mol.